The number of unbranched alkanes of at least 4 members (excludes halogenated alkanes) is 1. The molecule has 0 saturated heterocycles. The van der Waals surface area contributed by atoms with E-state index in [1.54, 1.807) is 14.2 Å². The lowest BCUT2D eigenvalue weighted by atomic mass is 10.1. The molecule has 2 amide bonds. The molecule has 1 aromatic carbocycles. The van der Waals surface area contributed by atoms with Crippen molar-refractivity contribution in [3.8, 4) is 0 Å². The van der Waals surface area contributed by atoms with Gasteiger partial charge in [-0.15, -0.1) is 0 Å². The molecule has 0 heterocycles. The summed E-state index contributed by atoms with van der Waals surface area (Å²) >= 11 is 0.836. The molecule has 1 aliphatic rings. The fraction of sp³-hybridized carbons (Fsp3) is 0.619. The molecule has 8 nitrogen and oxygen atoms in total. The Kier molecular flexibility index (Phi) is 10.7. The quantitative estimate of drug-likeness (QED) is 0.466. The Labute approximate surface area is 189 Å². The van der Waals surface area contributed by atoms with Crippen LogP contribution in [0.1, 0.15) is 50.5 Å². The summed E-state index contributed by atoms with van der Waals surface area (Å²) in [5.74, 6) is -1.40. The van der Waals surface area contributed by atoms with Crippen LogP contribution < -0.4 is 4.72 Å². The van der Waals surface area contributed by atoms with Crippen LogP contribution in [-0.2, 0) is 20.0 Å². The highest BCUT2D eigenvalue weighted by molar-refractivity contribution is 8.11. The lowest BCUT2D eigenvalue weighted by Crippen LogP contribution is -2.38. The molecule has 0 aliphatic heterocycles. The number of benzene rings is 1. The summed E-state index contributed by atoms with van der Waals surface area (Å²) in [6.07, 6.45) is 4.52. The third kappa shape index (κ3) is 7.41. The Morgan fingerprint density at radius 2 is 1.90 bits per heavy atom. The van der Waals surface area contributed by atoms with E-state index in [9.17, 15) is 18.0 Å². The highest BCUT2D eigenvalue weighted by Gasteiger charge is 2.58. The summed E-state index contributed by atoms with van der Waals surface area (Å²) < 4.78 is 34.3. The van der Waals surface area contributed by atoms with Crippen LogP contribution in [0.5, 0.6) is 0 Å². The van der Waals surface area contributed by atoms with E-state index in [-0.39, 0.29) is 24.5 Å². The molecule has 1 N–H and O–H groups in total. The van der Waals surface area contributed by atoms with E-state index in [1.807, 2.05) is 30.3 Å². The molecule has 31 heavy (non-hydrogen) atoms. The monoisotopic (exact) mass is 469 g/mol. The van der Waals surface area contributed by atoms with Gasteiger partial charge in [-0.2, -0.15) is 12.8 Å². The number of amides is 2. The predicted molar refractivity (Wildman–Crippen MR) is 121 cm³/mol. The Morgan fingerprint density at radius 3 is 2.48 bits per heavy atom. The van der Waals surface area contributed by atoms with Crippen molar-refractivity contribution in [1.29, 1.82) is 0 Å². The zero-order valence-corrected chi connectivity index (χ0v) is 19.8. The Morgan fingerprint density at radius 1 is 1.23 bits per heavy atom. The molecule has 4 unspecified atom stereocenters. The van der Waals surface area contributed by atoms with E-state index in [1.165, 1.54) is 4.90 Å². The van der Waals surface area contributed by atoms with Gasteiger partial charge in [0.1, 0.15) is 0 Å². The third-order valence-electron chi connectivity index (χ3n) is 5.46. The van der Waals surface area contributed by atoms with E-state index in [0.29, 0.717) is 6.42 Å². The van der Waals surface area contributed by atoms with Crippen LogP contribution in [0, 0.1) is 5.92 Å². The van der Waals surface area contributed by atoms with Crippen LogP contribution in [0.3, 0.4) is 0 Å². The number of hydrogen-bond donors (Lipinski definition) is 1. The Bertz CT molecular complexity index is 855. The first kappa shape index (κ1) is 25.5. The van der Waals surface area contributed by atoms with Crippen LogP contribution in [0.15, 0.2) is 34.7 Å². The molecule has 0 aromatic heterocycles. The topological polar surface area (TPSA) is 105 Å². The summed E-state index contributed by atoms with van der Waals surface area (Å²) in [5.41, 5.74) is 0.840. The fourth-order valence-corrected chi connectivity index (χ4v) is 4.73. The fourth-order valence-electron chi connectivity index (χ4n) is 3.81. The number of nitrogens with zero attached hydrogens (tertiary/aromatic N) is 2. The number of imide groups is 1. The number of carbonyl (C=O) groups excluding carboxylic acids is 2. The maximum Gasteiger partial charge on any atom is 0.311 e. The second-order valence-corrected chi connectivity index (χ2v) is 9.09. The zero-order valence-electron chi connectivity index (χ0n) is 18.2. The third-order valence-corrected chi connectivity index (χ3v) is 6.47. The Balaban J connectivity index is 2.14. The molecule has 1 saturated carbocycles. The summed E-state index contributed by atoms with van der Waals surface area (Å²) in [6, 6.07) is 8.53. The molecule has 2 rings (SSSR count). The van der Waals surface area contributed by atoms with E-state index in [0.717, 1.165) is 43.2 Å². The Hall–Kier alpha value is -1.75. The van der Waals surface area contributed by atoms with E-state index in [2.05, 4.69) is 16.0 Å². The van der Waals surface area contributed by atoms with Gasteiger partial charge < -0.3 is 4.74 Å². The van der Waals surface area contributed by atoms with E-state index < -0.39 is 27.7 Å². The van der Waals surface area contributed by atoms with Gasteiger partial charge in [-0.25, -0.2) is 0 Å². The van der Waals surface area contributed by atoms with Crippen LogP contribution in [0.2, 0.25) is 0 Å². The molecule has 4 atom stereocenters. The largest absolute Gasteiger partial charge is 0.381 e. The molecule has 0 spiro atoms. The van der Waals surface area contributed by atoms with Gasteiger partial charge in [0, 0.05) is 31.5 Å². The highest BCUT2D eigenvalue weighted by atomic mass is 32.2. The summed E-state index contributed by atoms with van der Waals surface area (Å²) in [5, 5.41) is -0.407. The minimum atomic E-state index is -2.62. The van der Waals surface area contributed by atoms with Crippen molar-refractivity contribution in [2.75, 3.05) is 20.7 Å². The van der Waals surface area contributed by atoms with Crippen molar-refractivity contribution in [1.82, 2.24) is 9.62 Å². The number of ether oxygens (including phenoxy) is 1. The van der Waals surface area contributed by atoms with Crippen molar-refractivity contribution in [2.45, 2.75) is 57.1 Å². The maximum atomic E-state index is 13.3. The van der Waals surface area contributed by atoms with Gasteiger partial charge in [-0.1, -0.05) is 50.1 Å². The van der Waals surface area contributed by atoms with Crippen molar-refractivity contribution in [3.63, 3.8) is 0 Å². The molecular formula is C21H31N3O5S2. The van der Waals surface area contributed by atoms with Crippen LogP contribution in [0.25, 0.3) is 0 Å². The molecular weight excluding hydrogens is 438 g/mol. The van der Waals surface area contributed by atoms with Gasteiger partial charge in [0.15, 0.2) is 0 Å². The SMILES string of the molecule is CCCCC(CCCN(C(=O)SNC)C(=O)C1C(N=S(=O)=O)C1c1ccccc1)OC. The highest BCUT2D eigenvalue weighted by Crippen LogP contribution is 2.51. The van der Waals surface area contributed by atoms with Gasteiger partial charge in [-0.3, -0.25) is 19.2 Å². The number of nitrogens with one attached hydrogen (secondary N) is 1. The van der Waals surface area contributed by atoms with Crippen molar-refractivity contribution in [2.24, 2.45) is 10.3 Å². The van der Waals surface area contributed by atoms with Gasteiger partial charge in [-0.05, 0) is 31.9 Å². The zero-order chi connectivity index (χ0) is 22.8. The molecule has 172 valence electrons. The van der Waals surface area contributed by atoms with Crippen LogP contribution in [-0.4, -0.2) is 57.3 Å². The smallest absolute Gasteiger partial charge is 0.311 e. The summed E-state index contributed by atoms with van der Waals surface area (Å²) in [7, 11) is 0.663. The van der Waals surface area contributed by atoms with Gasteiger partial charge >= 0.3 is 15.7 Å². The normalized spacial score (nSPS) is 20.7. The second-order valence-electron chi connectivity index (χ2n) is 7.48. The standard InChI is InChI=1S/C21H31N3O5S2/c1-4-5-12-16(29-3)13-9-14-24(21(26)30-22-2)20(25)18-17(19(18)23-31(27)28)15-10-7-6-8-11-15/h6-8,10-11,16-19,22H,4-5,9,12-14H2,1-3H3. The lowest BCUT2D eigenvalue weighted by Gasteiger charge is -2.22. The second kappa shape index (κ2) is 12.9. The average molecular weight is 470 g/mol. The maximum absolute atomic E-state index is 13.3. The molecule has 0 radical (unpaired) electrons. The minimum Gasteiger partial charge on any atom is -0.381 e. The average Bonchev–Trinajstić information content (AvgIpc) is 3.46. The molecule has 1 fully saturated rings. The predicted octanol–water partition coefficient (Wildman–Crippen LogP) is 3.63. The van der Waals surface area contributed by atoms with E-state index in [4.69, 9.17) is 4.74 Å². The first-order chi connectivity index (χ1) is 14.9. The van der Waals surface area contributed by atoms with Crippen molar-refractivity contribution in [3.05, 3.63) is 35.9 Å². The van der Waals surface area contributed by atoms with Gasteiger partial charge in [0.25, 0.3) is 0 Å². The van der Waals surface area contributed by atoms with E-state index >= 15 is 0 Å². The lowest BCUT2D eigenvalue weighted by molar-refractivity contribution is -0.129. The first-order valence-electron chi connectivity index (χ1n) is 10.5. The minimum absolute atomic E-state index is 0.0904. The number of carbonyl (C=O) groups is 2. The first-order valence-corrected chi connectivity index (χ1v) is 12.4. The van der Waals surface area contributed by atoms with Gasteiger partial charge in [0.2, 0.25) is 5.91 Å². The summed E-state index contributed by atoms with van der Waals surface area (Å²) in [4.78, 5) is 27.1. The van der Waals surface area contributed by atoms with Crippen molar-refractivity contribution >= 4 is 33.6 Å². The number of hydrogen-bond acceptors (Lipinski definition) is 8. The summed E-state index contributed by atoms with van der Waals surface area (Å²) in [6.45, 7) is 2.37. The van der Waals surface area contributed by atoms with Crippen LogP contribution in [0.4, 0.5) is 4.79 Å². The molecule has 1 aromatic rings. The van der Waals surface area contributed by atoms with Gasteiger partial charge in [0.05, 0.1) is 18.1 Å². The van der Waals surface area contributed by atoms with Crippen LogP contribution >= 0.6 is 11.9 Å². The number of methoxy groups -OCH3 is 1. The molecule has 10 heteroatoms. The molecule has 0 bridgehead atoms. The molecule has 1 aliphatic carbocycles. The number of rotatable bonds is 12. The van der Waals surface area contributed by atoms with Crippen molar-refractivity contribution < 1.29 is 22.7 Å².